The SMILES string of the molecule is Cc1cc(Cl)cc(C(=O)NCc2cccc(O)c2)c1. The van der Waals surface area contributed by atoms with Gasteiger partial charge < -0.3 is 10.4 Å². The summed E-state index contributed by atoms with van der Waals surface area (Å²) in [5.41, 5.74) is 2.31. The van der Waals surface area contributed by atoms with E-state index in [0.29, 0.717) is 17.1 Å². The Morgan fingerprint density at radius 2 is 2.05 bits per heavy atom. The van der Waals surface area contributed by atoms with Gasteiger partial charge in [-0.3, -0.25) is 4.79 Å². The molecule has 0 unspecified atom stereocenters. The van der Waals surface area contributed by atoms with Crippen LogP contribution in [0.5, 0.6) is 5.75 Å². The molecule has 0 aliphatic carbocycles. The van der Waals surface area contributed by atoms with E-state index in [2.05, 4.69) is 5.32 Å². The lowest BCUT2D eigenvalue weighted by Gasteiger charge is -2.07. The fraction of sp³-hybridized carbons (Fsp3) is 0.133. The van der Waals surface area contributed by atoms with Gasteiger partial charge in [0.2, 0.25) is 0 Å². The summed E-state index contributed by atoms with van der Waals surface area (Å²) in [5, 5.41) is 12.7. The number of hydrogen-bond donors (Lipinski definition) is 2. The standard InChI is InChI=1S/C15H14ClNO2/c1-10-5-12(8-13(16)6-10)15(19)17-9-11-3-2-4-14(18)7-11/h2-8,18H,9H2,1H3,(H,17,19). The summed E-state index contributed by atoms with van der Waals surface area (Å²) in [6.45, 7) is 2.25. The number of phenolic OH excluding ortho intramolecular Hbond substituents is 1. The molecule has 0 atom stereocenters. The number of amides is 1. The fourth-order valence-corrected chi connectivity index (χ4v) is 2.11. The van der Waals surface area contributed by atoms with E-state index < -0.39 is 0 Å². The highest BCUT2D eigenvalue weighted by atomic mass is 35.5. The first-order chi connectivity index (χ1) is 9.04. The van der Waals surface area contributed by atoms with Crippen LogP contribution in [0.2, 0.25) is 5.02 Å². The van der Waals surface area contributed by atoms with Crippen molar-refractivity contribution in [1.29, 1.82) is 0 Å². The highest BCUT2D eigenvalue weighted by Gasteiger charge is 2.07. The van der Waals surface area contributed by atoms with E-state index in [1.165, 1.54) is 0 Å². The molecule has 2 rings (SSSR count). The second kappa shape index (κ2) is 5.76. The number of nitrogens with one attached hydrogen (secondary N) is 1. The summed E-state index contributed by atoms with van der Waals surface area (Å²) in [6.07, 6.45) is 0. The third-order valence-corrected chi connectivity index (χ3v) is 2.89. The van der Waals surface area contributed by atoms with Gasteiger partial charge in [0, 0.05) is 17.1 Å². The maximum atomic E-state index is 12.0. The molecule has 0 bridgehead atoms. The second-order valence-electron chi connectivity index (χ2n) is 4.37. The Balaban J connectivity index is 2.05. The van der Waals surface area contributed by atoms with Crippen LogP contribution in [0.4, 0.5) is 0 Å². The minimum absolute atomic E-state index is 0.186. The first kappa shape index (κ1) is 13.4. The van der Waals surface area contributed by atoms with Crippen LogP contribution >= 0.6 is 11.6 Å². The summed E-state index contributed by atoms with van der Waals surface area (Å²) in [6, 6.07) is 12.0. The Hall–Kier alpha value is -2.00. The topological polar surface area (TPSA) is 49.3 Å². The molecule has 0 aromatic heterocycles. The number of aryl methyl sites for hydroxylation is 1. The van der Waals surface area contributed by atoms with Gasteiger partial charge in [0.15, 0.2) is 0 Å². The van der Waals surface area contributed by atoms with Crippen molar-refractivity contribution in [2.45, 2.75) is 13.5 Å². The number of carbonyl (C=O) groups is 1. The van der Waals surface area contributed by atoms with Gasteiger partial charge in [-0.05, 0) is 48.4 Å². The summed E-state index contributed by atoms with van der Waals surface area (Å²) < 4.78 is 0. The number of aromatic hydroxyl groups is 1. The molecule has 0 saturated carbocycles. The van der Waals surface area contributed by atoms with Crippen LogP contribution in [0.3, 0.4) is 0 Å². The maximum Gasteiger partial charge on any atom is 0.251 e. The van der Waals surface area contributed by atoms with Crippen LogP contribution in [-0.2, 0) is 6.54 Å². The third kappa shape index (κ3) is 3.73. The largest absolute Gasteiger partial charge is 0.508 e. The normalized spacial score (nSPS) is 10.2. The summed E-state index contributed by atoms with van der Waals surface area (Å²) in [7, 11) is 0. The number of halogens is 1. The van der Waals surface area contributed by atoms with E-state index >= 15 is 0 Å². The molecule has 0 radical (unpaired) electrons. The monoisotopic (exact) mass is 275 g/mol. The van der Waals surface area contributed by atoms with Crippen molar-refractivity contribution in [2.75, 3.05) is 0 Å². The lowest BCUT2D eigenvalue weighted by Crippen LogP contribution is -2.22. The van der Waals surface area contributed by atoms with E-state index in [0.717, 1.165) is 11.1 Å². The third-order valence-electron chi connectivity index (χ3n) is 2.67. The minimum atomic E-state index is -0.186. The van der Waals surface area contributed by atoms with Crippen LogP contribution in [0.15, 0.2) is 42.5 Å². The average Bonchev–Trinajstić information content (AvgIpc) is 2.35. The zero-order valence-corrected chi connectivity index (χ0v) is 11.2. The Bertz CT molecular complexity index is 591. The van der Waals surface area contributed by atoms with Crippen molar-refractivity contribution in [3.63, 3.8) is 0 Å². The number of hydrogen-bond acceptors (Lipinski definition) is 2. The molecule has 2 aromatic carbocycles. The smallest absolute Gasteiger partial charge is 0.251 e. The maximum absolute atomic E-state index is 12.0. The van der Waals surface area contributed by atoms with E-state index in [9.17, 15) is 9.90 Å². The van der Waals surface area contributed by atoms with Crippen LogP contribution in [0.1, 0.15) is 21.5 Å². The van der Waals surface area contributed by atoms with E-state index in [1.54, 1.807) is 36.4 Å². The van der Waals surface area contributed by atoms with Gasteiger partial charge in [-0.15, -0.1) is 0 Å². The number of carbonyl (C=O) groups excluding carboxylic acids is 1. The van der Waals surface area contributed by atoms with Crippen molar-refractivity contribution in [3.8, 4) is 5.75 Å². The van der Waals surface area contributed by atoms with Crippen LogP contribution < -0.4 is 5.32 Å². The average molecular weight is 276 g/mol. The van der Waals surface area contributed by atoms with Gasteiger partial charge in [0.25, 0.3) is 5.91 Å². The molecule has 3 nitrogen and oxygen atoms in total. The number of benzene rings is 2. The lowest BCUT2D eigenvalue weighted by atomic mass is 10.1. The van der Waals surface area contributed by atoms with Crippen molar-refractivity contribution >= 4 is 17.5 Å². The molecule has 98 valence electrons. The summed E-state index contributed by atoms with van der Waals surface area (Å²) in [5.74, 6) is -0.000656. The zero-order valence-electron chi connectivity index (χ0n) is 10.5. The Morgan fingerprint density at radius 1 is 1.26 bits per heavy atom. The Kier molecular flexibility index (Phi) is 4.07. The van der Waals surface area contributed by atoms with Gasteiger partial charge in [-0.1, -0.05) is 23.7 Å². The van der Waals surface area contributed by atoms with E-state index in [1.807, 2.05) is 13.0 Å². The predicted molar refractivity (Wildman–Crippen MR) is 75.5 cm³/mol. The Labute approximate surface area is 116 Å². The molecule has 2 aromatic rings. The predicted octanol–water partition coefficient (Wildman–Crippen LogP) is 3.28. The van der Waals surface area contributed by atoms with Crippen molar-refractivity contribution in [2.24, 2.45) is 0 Å². The Morgan fingerprint density at radius 3 is 2.74 bits per heavy atom. The van der Waals surface area contributed by atoms with Gasteiger partial charge in [-0.2, -0.15) is 0 Å². The summed E-state index contributed by atoms with van der Waals surface area (Å²) in [4.78, 5) is 12.0. The van der Waals surface area contributed by atoms with Crippen LogP contribution in [0, 0.1) is 6.92 Å². The second-order valence-corrected chi connectivity index (χ2v) is 4.81. The fourth-order valence-electron chi connectivity index (χ4n) is 1.82. The lowest BCUT2D eigenvalue weighted by molar-refractivity contribution is 0.0950. The molecule has 0 heterocycles. The molecule has 19 heavy (non-hydrogen) atoms. The quantitative estimate of drug-likeness (QED) is 0.903. The molecular weight excluding hydrogens is 262 g/mol. The molecule has 0 saturated heterocycles. The zero-order chi connectivity index (χ0) is 13.8. The molecular formula is C15H14ClNO2. The molecule has 0 fully saturated rings. The molecule has 4 heteroatoms. The highest BCUT2D eigenvalue weighted by Crippen LogP contribution is 2.15. The minimum Gasteiger partial charge on any atom is -0.508 e. The molecule has 2 N–H and O–H groups in total. The van der Waals surface area contributed by atoms with Crippen LogP contribution in [0.25, 0.3) is 0 Å². The number of phenols is 1. The van der Waals surface area contributed by atoms with E-state index in [4.69, 9.17) is 11.6 Å². The molecule has 0 aliphatic rings. The molecule has 1 amide bonds. The van der Waals surface area contributed by atoms with Gasteiger partial charge in [-0.25, -0.2) is 0 Å². The number of rotatable bonds is 3. The van der Waals surface area contributed by atoms with Crippen molar-refractivity contribution in [1.82, 2.24) is 5.32 Å². The highest BCUT2D eigenvalue weighted by molar-refractivity contribution is 6.31. The first-order valence-corrected chi connectivity index (χ1v) is 6.26. The van der Waals surface area contributed by atoms with Gasteiger partial charge >= 0.3 is 0 Å². The van der Waals surface area contributed by atoms with E-state index in [-0.39, 0.29) is 11.7 Å². The molecule has 0 aliphatic heterocycles. The van der Waals surface area contributed by atoms with Crippen molar-refractivity contribution < 1.29 is 9.90 Å². The van der Waals surface area contributed by atoms with Gasteiger partial charge in [0.1, 0.15) is 5.75 Å². The summed E-state index contributed by atoms with van der Waals surface area (Å²) >= 11 is 5.92. The van der Waals surface area contributed by atoms with Gasteiger partial charge in [0.05, 0.1) is 0 Å². The van der Waals surface area contributed by atoms with Crippen LogP contribution in [-0.4, -0.2) is 11.0 Å². The first-order valence-electron chi connectivity index (χ1n) is 5.88. The van der Waals surface area contributed by atoms with Crippen molar-refractivity contribution in [3.05, 3.63) is 64.2 Å². The molecule has 0 spiro atoms.